The number of rotatable bonds is 3. The van der Waals surface area contributed by atoms with Crippen molar-refractivity contribution in [3.05, 3.63) is 32.1 Å². The molecule has 0 aliphatic heterocycles. The first-order valence-electron chi connectivity index (χ1n) is 4.85. The van der Waals surface area contributed by atoms with Gasteiger partial charge in [-0.3, -0.25) is 0 Å². The van der Waals surface area contributed by atoms with E-state index in [-0.39, 0.29) is 6.04 Å². The quantitative estimate of drug-likeness (QED) is 0.898. The van der Waals surface area contributed by atoms with Crippen LogP contribution in [-0.4, -0.2) is 9.97 Å². The zero-order valence-corrected chi connectivity index (χ0v) is 12.1. The predicted molar refractivity (Wildman–Crippen MR) is 75.5 cm³/mol. The molecule has 0 aliphatic rings. The van der Waals surface area contributed by atoms with Crippen molar-refractivity contribution in [2.24, 2.45) is 0 Å². The average molecular weight is 334 g/mol. The van der Waals surface area contributed by atoms with Gasteiger partial charge in [-0.2, -0.15) is 0 Å². The smallest absolute Gasteiger partial charge is 0.146 e. The van der Waals surface area contributed by atoms with Crippen LogP contribution in [0.15, 0.2) is 22.9 Å². The molecule has 0 aliphatic carbocycles. The number of hydrogen-bond acceptors (Lipinski definition) is 5. The standard InChI is InChI=1S/C10H10BrClN4S/c1-5(6-2-3-7(12)17-6)16-10-8(11)9(13)14-4-15-10/h2-5H,1H3,(H3,13,14,15,16). The van der Waals surface area contributed by atoms with Crippen molar-refractivity contribution in [3.63, 3.8) is 0 Å². The molecule has 2 heterocycles. The molecular weight excluding hydrogens is 324 g/mol. The molecule has 0 bridgehead atoms. The van der Waals surface area contributed by atoms with Crippen molar-refractivity contribution >= 4 is 50.5 Å². The SMILES string of the molecule is CC(Nc1ncnc(N)c1Br)c1ccc(Cl)s1. The van der Waals surface area contributed by atoms with Crippen molar-refractivity contribution in [3.8, 4) is 0 Å². The molecule has 0 saturated heterocycles. The number of nitrogens with one attached hydrogen (secondary N) is 1. The fourth-order valence-electron chi connectivity index (χ4n) is 1.32. The van der Waals surface area contributed by atoms with Gasteiger partial charge in [0, 0.05) is 4.88 Å². The molecule has 3 N–H and O–H groups in total. The Morgan fingerprint density at radius 1 is 1.47 bits per heavy atom. The fraction of sp³-hybridized carbons (Fsp3) is 0.200. The minimum Gasteiger partial charge on any atom is -0.383 e. The molecule has 2 aromatic rings. The molecule has 0 saturated carbocycles. The third kappa shape index (κ3) is 2.88. The maximum absolute atomic E-state index is 5.90. The Bertz CT molecular complexity index is 531. The normalized spacial score (nSPS) is 12.4. The molecule has 0 radical (unpaired) electrons. The molecule has 17 heavy (non-hydrogen) atoms. The number of anilines is 2. The predicted octanol–water partition coefficient (Wildman–Crippen LogP) is 3.71. The lowest BCUT2D eigenvalue weighted by molar-refractivity contribution is 0.891. The van der Waals surface area contributed by atoms with E-state index in [0.29, 0.717) is 16.1 Å². The lowest BCUT2D eigenvalue weighted by Gasteiger charge is -2.14. The summed E-state index contributed by atoms with van der Waals surface area (Å²) in [7, 11) is 0. The monoisotopic (exact) mass is 332 g/mol. The van der Waals surface area contributed by atoms with Crippen molar-refractivity contribution in [2.75, 3.05) is 11.1 Å². The third-order valence-electron chi connectivity index (χ3n) is 2.19. The third-order valence-corrected chi connectivity index (χ3v) is 4.39. The lowest BCUT2D eigenvalue weighted by atomic mass is 10.3. The summed E-state index contributed by atoms with van der Waals surface area (Å²) in [5.74, 6) is 1.09. The molecule has 7 heteroatoms. The number of hydrogen-bond donors (Lipinski definition) is 2. The second kappa shape index (κ2) is 5.20. The van der Waals surface area contributed by atoms with E-state index >= 15 is 0 Å². The van der Waals surface area contributed by atoms with Crippen molar-refractivity contribution < 1.29 is 0 Å². The minimum absolute atomic E-state index is 0.109. The molecule has 2 aromatic heterocycles. The Balaban J connectivity index is 2.18. The zero-order chi connectivity index (χ0) is 12.4. The van der Waals surface area contributed by atoms with E-state index in [1.165, 1.54) is 17.7 Å². The molecule has 90 valence electrons. The van der Waals surface area contributed by atoms with E-state index in [4.69, 9.17) is 17.3 Å². The summed E-state index contributed by atoms with van der Waals surface area (Å²) in [4.78, 5) is 9.16. The minimum atomic E-state index is 0.109. The largest absolute Gasteiger partial charge is 0.383 e. The summed E-state index contributed by atoms with van der Waals surface area (Å²) in [5.41, 5.74) is 5.68. The highest BCUT2D eigenvalue weighted by Crippen LogP contribution is 2.31. The van der Waals surface area contributed by atoms with Crippen molar-refractivity contribution in [1.29, 1.82) is 0 Å². The second-order valence-electron chi connectivity index (χ2n) is 3.43. The first-order chi connectivity index (χ1) is 8.08. The van der Waals surface area contributed by atoms with E-state index in [1.54, 1.807) is 0 Å². The van der Waals surface area contributed by atoms with Crippen LogP contribution in [0.5, 0.6) is 0 Å². The van der Waals surface area contributed by atoms with E-state index in [9.17, 15) is 0 Å². The lowest BCUT2D eigenvalue weighted by Crippen LogP contribution is -2.08. The van der Waals surface area contributed by atoms with E-state index in [1.807, 2.05) is 19.1 Å². The van der Waals surface area contributed by atoms with Crippen LogP contribution < -0.4 is 11.1 Å². The molecule has 0 amide bonds. The first kappa shape index (κ1) is 12.6. The van der Waals surface area contributed by atoms with Gasteiger partial charge in [0.15, 0.2) is 0 Å². The first-order valence-corrected chi connectivity index (χ1v) is 6.84. The molecule has 0 spiro atoms. The van der Waals surface area contributed by atoms with Gasteiger partial charge < -0.3 is 11.1 Å². The molecule has 0 fully saturated rings. The Labute approximate surface area is 116 Å². The van der Waals surface area contributed by atoms with Crippen LogP contribution in [0.4, 0.5) is 11.6 Å². The van der Waals surface area contributed by atoms with Crippen LogP contribution in [0.2, 0.25) is 4.34 Å². The summed E-state index contributed by atoms with van der Waals surface area (Å²) >= 11 is 10.8. The fourth-order valence-corrected chi connectivity index (χ4v) is 2.70. The van der Waals surface area contributed by atoms with E-state index in [2.05, 4.69) is 31.2 Å². The van der Waals surface area contributed by atoms with Crippen LogP contribution in [0.25, 0.3) is 0 Å². The summed E-state index contributed by atoms with van der Waals surface area (Å²) in [6.45, 7) is 2.03. The Hall–Kier alpha value is -0.850. The molecule has 0 aromatic carbocycles. The van der Waals surface area contributed by atoms with Gasteiger partial charge in [-0.1, -0.05) is 11.6 Å². The summed E-state index contributed by atoms with van der Waals surface area (Å²) in [5, 5.41) is 3.25. The van der Waals surface area contributed by atoms with E-state index < -0.39 is 0 Å². The number of halogens is 2. The van der Waals surface area contributed by atoms with Crippen LogP contribution >= 0.6 is 38.9 Å². The second-order valence-corrected chi connectivity index (χ2v) is 5.97. The van der Waals surface area contributed by atoms with Gasteiger partial charge in [-0.25, -0.2) is 9.97 Å². The average Bonchev–Trinajstić information content (AvgIpc) is 2.72. The van der Waals surface area contributed by atoms with E-state index in [0.717, 1.165) is 9.21 Å². The molecule has 1 atom stereocenters. The van der Waals surface area contributed by atoms with Crippen molar-refractivity contribution in [1.82, 2.24) is 9.97 Å². The Morgan fingerprint density at radius 3 is 2.88 bits per heavy atom. The number of thiophene rings is 1. The highest BCUT2D eigenvalue weighted by atomic mass is 79.9. The summed E-state index contributed by atoms with van der Waals surface area (Å²) in [6.07, 6.45) is 1.43. The molecule has 4 nitrogen and oxygen atoms in total. The van der Waals surface area contributed by atoms with Gasteiger partial charge >= 0.3 is 0 Å². The molecule has 2 rings (SSSR count). The van der Waals surface area contributed by atoms with Gasteiger partial charge in [0.05, 0.1) is 10.4 Å². The number of aromatic nitrogens is 2. The Morgan fingerprint density at radius 2 is 2.24 bits per heavy atom. The van der Waals surface area contributed by atoms with Crippen LogP contribution in [0, 0.1) is 0 Å². The number of nitrogen functional groups attached to an aromatic ring is 1. The zero-order valence-electron chi connectivity index (χ0n) is 8.95. The van der Waals surface area contributed by atoms with Crippen LogP contribution in [0.1, 0.15) is 17.8 Å². The maximum atomic E-state index is 5.90. The van der Waals surface area contributed by atoms with Gasteiger partial charge in [0.25, 0.3) is 0 Å². The summed E-state index contributed by atoms with van der Waals surface area (Å²) in [6, 6.07) is 3.98. The maximum Gasteiger partial charge on any atom is 0.146 e. The Kier molecular flexibility index (Phi) is 3.86. The van der Waals surface area contributed by atoms with Gasteiger partial charge in [-0.05, 0) is 35.0 Å². The van der Waals surface area contributed by atoms with Gasteiger partial charge in [0.1, 0.15) is 22.4 Å². The topological polar surface area (TPSA) is 63.8 Å². The molecular formula is C10H10BrClN4S. The summed E-state index contributed by atoms with van der Waals surface area (Å²) < 4.78 is 1.45. The number of nitrogens with zero attached hydrogens (tertiary/aromatic N) is 2. The number of nitrogens with two attached hydrogens (primary N) is 1. The highest BCUT2D eigenvalue weighted by molar-refractivity contribution is 9.10. The van der Waals surface area contributed by atoms with Crippen LogP contribution in [0.3, 0.4) is 0 Å². The highest BCUT2D eigenvalue weighted by Gasteiger charge is 2.12. The van der Waals surface area contributed by atoms with Gasteiger partial charge in [-0.15, -0.1) is 11.3 Å². The van der Waals surface area contributed by atoms with Crippen molar-refractivity contribution in [2.45, 2.75) is 13.0 Å². The molecule has 1 unspecified atom stereocenters. The van der Waals surface area contributed by atoms with Crippen LogP contribution in [-0.2, 0) is 0 Å². The van der Waals surface area contributed by atoms with Gasteiger partial charge in [0.2, 0.25) is 0 Å².